The number of benzene rings is 1. The van der Waals surface area contributed by atoms with E-state index in [-0.39, 0.29) is 18.6 Å². The van der Waals surface area contributed by atoms with E-state index < -0.39 is 5.97 Å². The molecule has 0 aliphatic heterocycles. The predicted molar refractivity (Wildman–Crippen MR) is 70.0 cm³/mol. The molecule has 1 saturated carbocycles. The summed E-state index contributed by atoms with van der Waals surface area (Å²) in [7, 11) is 0. The minimum Gasteiger partial charge on any atom is -0.478 e. The maximum Gasteiger partial charge on any atom is 0.337 e. The molecule has 1 aromatic rings. The van der Waals surface area contributed by atoms with Crippen LogP contribution in [-0.4, -0.2) is 28.8 Å². The van der Waals surface area contributed by atoms with Crippen molar-refractivity contribution < 1.29 is 15.0 Å². The number of anilines is 1. The molecule has 0 radical (unpaired) electrons. The third-order valence-electron chi connectivity index (χ3n) is 3.64. The quantitative estimate of drug-likeness (QED) is 0.765. The van der Waals surface area contributed by atoms with Gasteiger partial charge < -0.3 is 15.5 Å². The summed E-state index contributed by atoms with van der Waals surface area (Å²) in [4.78, 5) is 11.2. The Kier molecular flexibility index (Phi) is 3.87. The average Bonchev–Trinajstić information content (AvgIpc) is 2.76. The Morgan fingerprint density at radius 2 is 2.22 bits per heavy atom. The van der Waals surface area contributed by atoms with Gasteiger partial charge in [0.1, 0.15) is 0 Å². The highest BCUT2D eigenvalue weighted by atomic mass is 16.4. The van der Waals surface area contributed by atoms with Crippen LogP contribution in [0.25, 0.3) is 0 Å². The molecule has 0 bridgehead atoms. The molecule has 4 nitrogen and oxygen atoms in total. The largest absolute Gasteiger partial charge is 0.478 e. The summed E-state index contributed by atoms with van der Waals surface area (Å²) in [6, 6.07) is 5.46. The van der Waals surface area contributed by atoms with Crippen LogP contribution in [0.5, 0.6) is 0 Å². The second-order valence-electron chi connectivity index (χ2n) is 4.98. The first kappa shape index (κ1) is 12.9. The van der Waals surface area contributed by atoms with Crippen LogP contribution < -0.4 is 5.32 Å². The van der Waals surface area contributed by atoms with Gasteiger partial charge in [0.25, 0.3) is 0 Å². The summed E-state index contributed by atoms with van der Waals surface area (Å²) in [6.45, 7) is 2.10. The van der Waals surface area contributed by atoms with Crippen molar-refractivity contribution in [1.82, 2.24) is 0 Å². The van der Waals surface area contributed by atoms with Gasteiger partial charge in [-0.2, -0.15) is 0 Å². The van der Waals surface area contributed by atoms with E-state index >= 15 is 0 Å². The summed E-state index contributed by atoms with van der Waals surface area (Å²) < 4.78 is 0. The highest BCUT2D eigenvalue weighted by Crippen LogP contribution is 2.29. The zero-order valence-corrected chi connectivity index (χ0v) is 10.5. The minimum absolute atomic E-state index is 0.159. The summed E-state index contributed by atoms with van der Waals surface area (Å²) in [5.74, 6) is -0.691. The number of aliphatic hydroxyl groups is 1. The second kappa shape index (κ2) is 5.40. The topological polar surface area (TPSA) is 69.6 Å². The zero-order valence-electron chi connectivity index (χ0n) is 10.5. The van der Waals surface area contributed by atoms with Gasteiger partial charge in [-0.25, -0.2) is 4.79 Å². The Balaban J connectivity index is 2.22. The molecule has 0 aromatic heterocycles. The Hall–Kier alpha value is -1.55. The fourth-order valence-corrected chi connectivity index (χ4v) is 2.61. The van der Waals surface area contributed by atoms with Crippen LogP contribution in [0.2, 0.25) is 0 Å². The Labute approximate surface area is 107 Å². The van der Waals surface area contributed by atoms with E-state index in [1.165, 1.54) is 0 Å². The molecule has 4 heteroatoms. The number of rotatable bonds is 4. The van der Waals surface area contributed by atoms with Crippen LogP contribution in [0.15, 0.2) is 18.2 Å². The number of hydrogen-bond donors (Lipinski definition) is 3. The summed E-state index contributed by atoms with van der Waals surface area (Å²) >= 11 is 0. The maximum atomic E-state index is 11.2. The van der Waals surface area contributed by atoms with Gasteiger partial charge in [-0.1, -0.05) is 12.5 Å². The number of aryl methyl sites for hydroxylation is 1. The molecule has 2 atom stereocenters. The highest BCUT2D eigenvalue weighted by molar-refractivity contribution is 5.94. The van der Waals surface area contributed by atoms with E-state index in [2.05, 4.69) is 5.32 Å². The van der Waals surface area contributed by atoms with Crippen molar-refractivity contribution >= 4 is 11.7 Å². The first-order valence-electron chi connectivity index (χ1n) is 6.33. The number of carbonyl (C=O) groups is 1. The van der Waals surface area contributed by atoms with Gasteiger partial charge in [-0.3, -0.25) is 0 Å². The molecular weight excluding hydrogens is 230 g/mol. The van der Waals surface area contributed by atoms with E-state index in [4.69, 9.17) is 5.11 Å². The van der Waals surface area contributed by atoms with Gasteiger partial charge in [0.2, 0.25) is 0 Å². The van der Waals surface area contributed by atoms with Crippen LogP contribution in [0.1, 0.15) is 35.2 Å². The predicted octanol–water partition coefficient (Wildman–Crippen LogP) is 2.27. The summed E-state index contributed by atoms with van der Waals surface area (Å²) in [5, 5.41) is 21.7. The molecule has 0 amide bonds. The molecular formula is C14H19NO3. The fourth-order valence-electron chi connectivity index (χ4n) is 2.61. The van der Waals surface area contributed by atoms with Gasteiger partial charge >= 0.3 is 5.97 Å². The molecule has 2 unspecified atom stereocenters. The fraction of sp³-hybridized carbons (Fsp3) is 0.500. The number of aliphatic hydroxyl groups excluding tert-OH is 1. The van der Waals surface area contributed by atoms with E-state index in [1.54, 1.807) is 12.1 Å². The van der Waals surface area contributed by atoms with Gasteiger partial charge in [0.15, 0.2) is 0 Å². The van der Waals surface area contributed by atoms with Crippen LogP contribution in [-0.2, 0) is 0 Å². The molecule has 1 aliphatic carbocycles. The molecule has 98 valence electrons. The van der Waals surface area contributed by atoms with E-state index in [1.807, 2.05) is 13.0 Å². The van der Waals surface area contributed by atoms with Crippen molar-refractivity contribution in [3.8, 4) is 0 Å². The Bertz CT molecular complexity index is 445. The smallest absolute Gasteiger partial charge is 0.337 e. The van der Waals surface area contributed by atoms with Crippen molar-refractivity contribution in [2.45, 2.75) is 32.2 Å². The van der Waals surface area contributed by atoms with Gasteiger partial charge in [-0.15, -0.1) is 0 Å². The third-order valence-corrected chi connectivity index (χ3v) is 3.64. The average molecular weight is 249 g/mol. The molecule has 0 saturated heterocycles. The summed E-state index contributed by atoms with van der Waals surface area (Å²) in [5.41, 5.74) is 1.98. The third kappa shape index (κ3) is 2.64. The van der Waals surface area contributed by atoms with Gasteiger partial charge in [0.05, 0.1) is 5.56 Å². The van der Waals surface area contributed by atoms with Crippen molar-refractivity contribution in [3.05, 3.63) is 29.3 Å². The SMILES string of the molecule is Cc1ccc(C(=O)O)c(NC2CCCC2CO)c1. The van der Waals surface area contributed by atoms with Crippen molar-refractivity contribution in [3.63, 3.8) is 0 Å². The Morgan fingerprint density at radius 3 is 2.89 bits per heavy atom. The lowest BCUT2D eigenvalue weighted by Crippen LogP contribution is -2.27. The zero-order chi connectivity index (χ0) is 13.1. The van der Waals surface area contributed by atoms with E-state index in [0.29, 0.717) is 11.3 Å². The molecule has 0 spiro atoms. The maximum absolute atomic E-state index is 11.2. The van der Waals surface area contributed by atoms with Crippen LogP contribution in [0, 0.1) is 12.8 Å². The normalized spacial score (nSPS) is 23.0. The Morgan fingerprint density at radius 1 is 1.44 bits per heavy atom. The van der Waals surface area contributed by atoms with Crippen molar-refractivity contribution in [1.29, 1.82) is 0 Å². The van der Waals surface area contributed by atoms with Crippen LogP contribution in [0.4, 0.5) is 5.69 Å². The highest BCUT2D eigenvalue weighted by Gasteiger charge is 2.27. The standard InChI is InChI=1S/C14H19NO3/c1-9-5-6-11(14(17)18)13(7-9)15-12-4-2-3-10(12)8-16/h5-7,10,12,15-16H,2-4,8H2,1H3,(H,17,18). The molecule has 2 rings (SSSR count). The van der Waals surface area contributed by atoms with Gasteiger partial charge in [-0.05, 0) is 37.5 Å². The number of carboxylic acid groups (broad SMARTS) is 1. The number of nitrogens with one attached hydrogen (secondary N) is 1. The lowest BCUT2D eigenvalue weighted by molar-refractivity contribution is 0.0698. The minimum atomic E-state index is -0.920. The molecule has 1 fully saturated rings. The first-order chi connectivity index (χ1) is 8.61. The van der Waals surface area contributed by atoms with E-state index in [9.17, 15) is 9.90 Å². The lowest BCUT2D eigenvalue weighted by Gasteiger charge is -2.21. The van der Waals surface area contributed by atoms with Crippen molar-refractivity contribution in [2.24, 2.45) is 5.92 Å². The van der Waals surface area contributed by atoms with Crippen molar-refractivity contribution in [2.75, 3.05) is 11.9 Å². The molecule has 1 aliphatic rings. The first-order valence-corrected chi connectivity index (χ1v) is 6.33. The number of hydrogen-bond acceptors (Lipinski definition) is 3. The molecule has 0 heterocycles. The summed E-state index contributed by atoms with van der Waals surface area (Å²) in [6.07, 6.45) is 3.07. The van der Waals surface area contributed by atoms with E-state index in [0.717, 1.165) is 24.8 Å². The molecule has 1 aromatic carbocycles. The lowest BCUT2D eigenvalue weighted by atomic mass is 10.0. The van der Waals surface area contributed by atoms with Gasteiger partial charge in [0, 0.05) is 24.3 Å². The second-order valence-corrected chi connectivity index (χ2v) is 4.98. The number of aromatic carboxylic acids is 1. The molecule has 18 heavy (non-hydrogen) atoms. The van der Waals surface area contributed by atoms with Crippen LogP contribution in [0.3, 0.4) is 0 Å². The monoisotopic (exact) mass is 249 g/mol. The molecule has 3 N–H and O–H groups in total. The number of carboxylic acids is 1. The van der Waals surface area contributed by atoms with Crippen LogP contribution >= 0.6 is 0 Å².